The minimum atomic E-state index is -0.647. The van der Waals surface area contributed by atoms with Gasteiger partial charge in [0, 0.05) is 12.3 Å². The fourth-order valence-electron chi connectivity index (χ4n) is 2.30. The van der Waals surface area contributed by atoms with Crippen LogP contribution < -0.4 is 5.73 Å². The largest absolute Gasteiger partial charge is 0.396 e. The van der Waals surface area contributed by atoms with Gasteiger partial charge in [0.15, 0.2) is 11.5 Å². The van der Waals surface area contributed by atoms with Crippen molar-refractivity contribution in [3.8, 4) is 0 Å². The second-order valence-corrected chi connectivity index (χ2v) is 5.07. The molecule has 1 aliphatic rings. The molecular weight excluding hydrogens is 286 g/mol. The average Bonchev–Trinajstić information content (AvgIpc) is 2.82. The number of aliphatic hydroxyl groups excluding tert-OH is 2. The highest BCUT2D eigenvalue weighted by atomic mass is 35.5. The first-order chi connectivity index (χ1) is 9.60. The minimum Gasteiger partial charge on any atom is -0.396 e. The van der Waals surface area contributed by atoms with Crippen LogP contribution in [0.2, 0.25) is 5.28 Å². The molecule has 0 radical (unpaired) electrons. The van der Waals surface area contributed by atoms with Gasteiger partial charge in [-0.3, -0.25) is 4.57 Å². The summed E-state index contributed by atoms with van der Waals surface area (Å²) in [5.41, 5.74) is 6.64. The maximum absolute atomic E-state index is 9.96. The molecule has 9 heteroatoms. The summed E-state index contributed by atoms with van der Waals surface area (Å²) in [5, 5.41) is 19.1. The molecule has 2 aromatic rings. The predicted molar refractivity (Wildman–Crippen MR) is 70.9 cm³/mol. The number of anilines is 1. The van der Waals surface area contributed by atoms with Crippen LogP contribution in [0.5, 0.6) is 0 Å². The van der Waals surface area contributed by atoms with Gasteiger partial charge in [-0.25, -0.2) is 4.98 Å². The lowest BCUT2D eigenvalue weighted by atomic mass is 9.98. The number of fused-ring (bicyclic) bond motifs is 1. The van der Waals surface area contributed by atoms with Crippen LogP contribution in [0.15, 0.2) is 6.33 Å². The zero-order valence-corrected chi connectivity index (χ0v) is 11.2. The van der Waals surface area contributed by atoms with E-state index in [4.69, 9.17) is 27.2 Å². The summed E-state index contributed by atoms with van der Waals surface area (Å²) < 4.78 is 7.31. The van der Waals surface area contributed by atoms with E-state index in [0.29, 0.717) is 17.6 Å². The second kappa shape index (κ2) is 5.13. The zero-order valence-electron chi connectivity index (χ0n) is 10.5. The number of aromatic nitrogens is 4. The third-order valence-electron chi connectivity index (χ3n) is 3.46. The van der Waals surface area contributed by atoms with Crippen LogP contribution in [0.3, 0.4) is 0 Å². The summed E-state index contributed by atoms with van der Waals surface area (Å²) >= 11 is 5.80. The number of aliphatic hydroxyl groups is 2. The van der Waals surface area contributed by atoms with Crippen molar-refractivity contribution in [2.24, 2.45) is 5.92 Å². The van der Waals surface area contributed by atoms with Gasteiger partial charge in [0.25, 0.3) is 0 Å². The number of ether oxygens (including phenoxy) is 1. The Bertz CT molecular complexity index is 634. The lowest BCUT2D eigenvalue weighted by Crippen LogP contribution is -2.37. The van der Waals surface area contributed by atoms with Gasteiger partial charge in [-0.1, -0.05) is 0 Å². The van der Waals surface area contributed by atoms with Crippen LogP contribution in [-0.2, 0) is 4.74 Å². The Morgan fingerprint density at radius 2 is 2.30 bits per heavy atom. The van der Waals surface area contributed by atoms with Gasteiger partial charge in [0.1, 0.15) is 11.7 Å². The van der Waals surface area contributed by atoms with E-state index in [2.05, 4.69) is 15.0 Å². The van der Waals surface area contributed by atoms with Crippen LogP contribution in [0.4, 0.5) is 5.82 Å². The maximum atomic E-state index is 9.96. The number of halogens is 1. The van der Waals surface area contributed by atoms with E-state index in [9.17, 15) is 5.11 Å². The maximum Gasteiger partial charge on any atom is 0.226 e. The van der Waals surface area contributed by atoms with Crippen LogP contribution in [0, 0.1) is 5.92 Å². The summed E-state index contributed by atoms with van der Waals surface area (Å²) in [6.07, 6.45) is 0.787. The summed E-state index contributed by atoms with van der Waals surface area (Å²) in [6, 6.07) is 0. The van der Waals surface area contributed by atoms with Gasteiger partial charge in [-0.15, -0.1) is 0 Å². The molecule has 20 heavy (non-hydrogen) atoms. The molecule has 1 fully saturated rings. The normalized spacial score (nSPS) is 27.1. The number of rotatable bonds is 2. The van der Waals surface area contributed by atoms with Gasteiger partial charge in [0.2, 0.25) is 5.28 Å². The van der Waals surface area contributed by atoms with Gasteiger partial charge < -0.3 is 20.7 Å². The summed E-state index contributed by atoms with van der Waals surface area (Å²) in [6.45, 7) is 0.149. The fourth-order valence-corrected chi connectivity index (χ4v) is 2.47. The Morgan fingerprint density at radius 1 is 1.50 bits per heavy atom. The second-order valence-electron chi connectivity index (χ2n) is 4.74. The van der Waals surface area contributed by atoms with E-state index in [1.54, 1.807) is 4.57 Å². The molecule has 0 amide bonds. The summed E-state index contributed by atoms with van der Waals surface area (Å²) in [7, 11) is 0. The first-order valence-electron chi connectivity index (χ1n) is 6.16. The van der Waals surface area contributed by atoms with Crippen LogP contribution in [0.25, 0.3) is 11.2 Å². The molecule has 0 saturated carbocycles. The molecule has 108 valence electrons. The van der Waals surface area contributed by atoms with Crippen molar-refractivity contribution in [3.63, 3.8) is 0 Å². The van der Waals surface area contributed by atoms with Crippen molar-refractivity contribution in [1.82, 2.24) is 19.5 Å². The first kappa shape index (κ1) is 13.5. The molecule has 0 bridgehead atoms. The molecular formula is C11H14ClN5O3. The van der Waals surface area contributed by atoms with Crippen molar-refractivity contribution in [3.05, 3.63) is 11.6 Å². The minimum absolute atomic E-state index is 0.0290. The van der Waals surface area contributed by atoms with E-state index in [0.717, 1.165) is 0 Å². The number of nitrogens with zero attached hydrogens (tertiary/aromatic N) is 4. The Hall–Kier alpha value is -1.48. The smallest absolute Gasteiger partial charge is 0.226 e. The van der Waals surface area contributed by atoms with Crippen molar-refractivity contribution in [2.75, 3.05) is 18.9 Å². The molecule has 2 aromatic heterocycles. The molecule has 0 aromatic carbocycles. The van der Waals surface area contributed by atoms with Crippen LogP contribution in [-0.4, -0.2) is 49.0 Å². The summed E-state index contributed by atoms with van der Waals surface area (Å²) in [5.74, 6) is -0.0762. The molecule has 3 atom stereocenters. The predicted octanol–water partition coefficient (Wildman–Crippen LogP) is -0.0498. The molecule has 1 saturated heterocycles. The highest BCUT2D eigenvalue weighted by Gasteiger charge is 2.31. The SMILES string of the molecule is Nc1nc(Cl)nc2c1ncn2[C@H]1C[C@H](O)[C@@H](CO)CO1. The Morgan fingerprint density at radius 3 is 3.00 bits per heavy atom. The monoisotopic (exact) mass is 299 g/mol. The van der Waals surface area contributed by atoms with Crippen LogP contribution in [0.1, 0.15) is 12.6 Å². The molecule has 0 spiro atoms. The van der Waals surface area contributed by atoms with Crippen molar-refractivity contribution < 1.29 is 14.9 Å². The fraction of sp³-hybridized carbons (Fsp3) is 0.545. The molecule has 3 heterocycles. The lowest BCUT2D eigenvalue weighted by Gasteiger charge is -2.32. The van der Waals surface area contributed by atoms with Crippen LogP contribution >= 0.6 is 11.6 Å². The standard InChI is InChI=1S/C11H14ClN5O3/c12-11-15-9(13)8-10(16-11)17(4-14-8)7-1-6(19)5(2-18)3-20-7/h4-7,18-19H,1-3H2,(H2,13,15,16)/t5-,6-,7+/m0/s1. The molecule has 8 nitrogen and oxygen atoms in total. The Balaban J connectivity index is 1.95. The van der Waals surface area contributed by atoms with Gasteiger partial charge in [-0.05, 0) is 11.6 Å². The zero-order chi connectivity index (χ0) is 14.3. The van der Waals surface area contributed by atoms with E-state index in [1.165, 1.54) is 6.33 Å². The molecule has 0 unspecified atom stereocenters. The van der Waals surface area contributed by atoms with E-state index in [-0.39, 0.29) is 30.2 Å². The lowest BCUT2D eigenvalue weighted by molar-refractivity contribution is -0.123. The third-order valence-corrected chi connectivity index (χ3v) is 3.62. The van der Waals surface area contributed by atoms with E-state index < -0.39 is 12.3 Å². The van der Waals surface area contributed by atoms with Gasteiger partial charge in [0.05, 0.1) is 25.6 Å². The molecule has 0 aliphatic carbocycles. The average molecular weight is 300 g/mol. The van der Waals surface area contributed by atoms with Gasteiger partial charge in [-0.2, -0.15) is 9.97 Å². The topological polar surface area (TPSA) is 119 Å². The Labute approximate surface area is 119 Å². The van der Waals surface area contributed by atoms with Crippen molar-refractivity contribution >= 4 is 28.6 Å². The summed E-state index contributed by atoms with van der Waals surface area (Å²) in [4.78, 5) is 12.1. The molecule has 3 rings (SSSR count). The number of hydrogen-bond acceptors (Lipinski definition) is 7. The highest BCUT2D eigenvalue weighted by molar-refractivity contribution is 6.28. The highest BCUT2D eigenvalue weighted by Crippen LogP contribution is 2.29. The van der Waals surface area contributed by atoms with Crippen molar-refractivity contribution in [2.45, 2.75) is 18.8 Å². The van der Waals surface area contributed by atoms with E-state index >= 15 is 0 Å². The third kappa shape index (κ3) is 2.20. The number of imidazole rings is 1. The van der Waals surface area contributed by atoms with E-state index in [1.807, 2.05) is 0 Å². The molecule has 1 aliphatic heterocycles. The number of hydrogen-bond donors (Lipinski definition) is 3. The number of nitrogens with two attached hydrogens (primary N) is 1. The first-order valence-corrected chi connectivity index (χ1v) is 6.54. The molecule has 4 N–H and O–H groups in total. The quantitative estimate of drug-likeness (QED) is 0.665. The van der Waals surface area contributed by atoms with Gasteiger partial charge >= 0.3 is 0 Å². The number of nitrogen functional groups attached to an aromatic ring is 1. The Kier molecular flexibility index (Phi) is 3.47. The van der Waals surface area contributed by atoms with Crippen molar-refractivity contribution in [1.29, 1.82) is 0 Å².